The minimum absolute atomic E-state index is 0.463. The van der Waals surface area contributed by atoms with E-state index in [1.165, 1.54) is 0 Å². The summed E-state index contributed by atoms with van der Waals surface area (Å²) in [6.07, 6.45) is 2.50. The van der Waals surface area contributed by atoms with Crippen LogP contribution in [0.25, 0.3) is 10.6 Å². The molecule has 3 nitrogen and oxygen atoms in total. The number of aliphatic carboxylic acids is 1. The van der Waals surface area contributed by atoms with Crippen LogP contribution >= 0.6 is 38.9 Å². The third-order valence-corrected chi connectivity index (χ3v) is 5.47. The van der Waals surface area contributed by atoms with Gasteiger partial charge in [0.25, 0.3) is 0 Å². The van der Waals surface area contributed by atoms with E-state index in [0.29, 0.717) is 11.4 Å². The van der Waals surface area contributed by atoms with Gasteiger partial charge in [0, 0.05) is 19.9 Å². The summed E-state index contributed by atoms with van der Waals surface area (Å²) in [5.74, 6) is -1.24. The topological polar surface area (TPSA) is 50.2 Å². The molecule has 104 valence electrons. The summed E-state index contributed by atoms with van der Waals surface area (Å²) >= 11 is 11.0. The molecule has 1 unspecified atom stereocenters. The molecule has 20 heavy (non-hydrogen) atoms. The first-order valence-electron chi connectivity index (χ1n) is 6.24. The van der Waals surface area contributed by atoms with Crippen molar-refractivity contribution in [2.75, 3.05) is 0 Å². The van der Waals surface area contributed by atoms with Crippen LogP contribution in [0.3, 0.4) is 0 Å². The lowest BCUT2D eigenvalue weighted by atomic mass is 9.91. The van der Waals surface area contributed by atoms with E-state index >= 15 is 0 Å². The van der Waals surface area contributed by atoms with Crippen molar-refractivity contribution in [3.8, 4) is 10.6 Å². The Hall–Kier alpha value is -0.910. The molecule has 0 radical (unpaired) electrons. The van der Waals surface area contributed by atoms with Crippen LogP contribution in [-0.2, 0) is 11.2 Å². The summed E-state index contributed by atoms with van der Waals surface area (Å²) in [4.78, 5) is 17.0. The molecule has 1 aliphatic carbocycles. The molecule has 0 amide bonds. The molecule has 0 fully saturated rings. The van der Waals surface area contributed by atoms with Gasteiger partial charge in [-0.25, -0.2) is 4.98 Å². The van der Waals surface area contributed by atoms with Crippen LogP contribution in [0.5, 0.6) is 0 Å². The number of benzene rings is 1. The summed E-state index contributed by atoms with van der Waals surface area (Å²) in [5.41, 5.74) is 1.70. The SMILES string of the molecule is O=C(O)C1CCCc2sc(-c3ccc(Cl)cc3Br)nc21. The van der Waals surface area contributed by atoms with Gasteiger partial charge in [0.15, 0.2) is 0 Å². The van der Waals surface area contributed by atoms with Gasteiger partial charge in [0.2, 0.25) is 0 Å². The first kappa shape index (κ1) is 14.0. The zero-order valence-electron chi connectivity index (χ0n) is 10.4. The molecule has 0 saturated heterocycles. The van der Waals surface area contributed by atoms with Crippen LogP contribution in [0.15, 0.2) is 22.7 Å². The lowest BCUT2D eigenvalue weighted by Crippen LogP contribution is -2.17. The van der Waals surface area contributed by atoms with Crippen molar-refractivity contribution < 1.29 is 9.90 Å². The molecule has 1 N–H and O–H groups in total. The maximum atomic E-state index is 11.3. The molecule has 6 heteroatoms. The second-order valence-electron chi connectivity index (χ2n) is 4.73. The van der Waals surface area contributed by atoms with Crippen molar-refractivity contribution in [2.45, 2.75) is 25.2 Å². The van der Waals surface area contributed by atoms with Crippen LogP contribution in [0, 0.1) is 0 Å². The molecule has 2 aromatic rings. The predicted molar refractivity (Wildman–Crippen MR) is 83.6 cm³/mol. The Morgan fingerprint density at radius 1 is 1.50 bits per heavy atom. The van der Waals surface area contributed by atoms with E-state index in [4.69, 9.17) is 11.6 Å². The maximum absolute atomic E-state index is 11.3. The summed E-state index contributed by atoms with van der Waals surface area (Å²) in [5, 5.41) is 10.8. The molecule has 1 heterocycles. The highest BCUT2D eigenvalue weighted by atomic mass is 79.9. The van der Waals surface area contributed by atoms with E-state index in [9.17, 15) is 9.90 Å². The minimum Gasteiger partial charge on any atom is -0.481 e. The number of carboxylic acid groups (broad SMARTS) is 1. The van der Waals surface area contributed by atoms with Crippen LogP contribution in [0.2, 0.25) is 5.02 Å². The average molecular weight is 373 g/mol. The number of carboxylic acids is 1. The molecule has 3 rings (SSSR count). The Bertz CT molecular complexity index is 686. The van der Waals surface area contributed by atoms with Gasteiger partial charge in [-0.15, -0.1) is 11.3 Å². The monoisotopic (exact) mass is 371 g/mol. The summed E-state index contributed by atoms with van der Waals surface area (Å²) in [6.45, 7) is 0. The third-order valence-electron chi connectivity index (χ3n) is 3.41. The molecule has 0 aliphatic heterocycles. The van der Waals surface area contributed by atoms with Crippen LogP contribution in [-0.4, -0.2) is 16.1 Å². The average Bonchev–Trinajstić information content (AvgIpc) is 2.81. The van der Waals surface area contributed by atoms with E-state index < -0.39 is 11.9 Å². The van der Waals surface area contributed by atoms with E-state index in [0.717, 1.165) is 38.5 Å². The molecule has 1 aliphatic rings. The highest BCUT2D eigenvalue weighted by molar-refractivity contribution is 9.10. The van der Waals surface area contributed by atoms with Crippen LogP contribution in [0.4, 0.5) is 0 Å². The number of carbonyl (C=O) groups is 1. The predicted octanol–water partition coefficient (Wildman–Crippen LogP) is 4.73. The number of fused-ring (bicyclic) bond motifs is 1. The lowest BCUT2D eigenvalue weighted by Gasteiger charge is -2.16. The molecular formula is C14H11BrClNO2S. The van der Waals surface area contributed by atoms with E-state index in [-0.39, 0.29) is 0 Å². The summed E-state index contributed by atoms with van der Waals surface area (Å²) in [6, 6.07) is 5.55. The van der Waals surface area contributed by atoms with Gasteiger partial charge in [-0.1, -0.05) is 27.5 Å². The summed E-state index contributed by atoms with van der Waals surface area (Å²) < 4.78 is 0.878. The molecule has 0 spiro atoms. The van der Waals surface area contributed by atoms with E-state index in [1.807, 2.05) is 18.2 Å². The zero-order valence-corrected chi connectivity index (χ0v) is 13.6. The number of aryl methyl sites for hydroxylation is 1. The van der Waals surface area contributed by atoms with Crippen molar-refractivity contribution in [2.24, 2.45) is 0 Å². The molecule has 0 saturated carbocycles. The van der Waals surface area contributed by atoms with E-state index in [2.05, 4.69) is 20.9 Å². The van der Waals surface area contributed by atoms with Crippen molar-refractivity contribution in [3.63, 3.8) is 0 Å². The quantitative estimate of drug-likeness (QED) is 0.829. The van der Waals surface area contributed by atoms with Gasteiger partial charge in [-0.3, -0.25) is 4.79 Å². The molecule has 0 bridgehead atoms. The first-order valence-corrected chi connectivity index (χ1v) is 8.23. The Morgan fingerprint density at radius 3 is 3.00 bits per heavy atom. The Morgan fingerprint density at radius 2 is 2.30 bits per heavy atom. The van der Waals surface area contributed by atoms with Gasteiger partial charge in [0.1, 0.15) is 5.01 Å². The summed E-state index contributed by atoms with van der Waals surface area (Å²) in [7, 11) is 0. The second kappa shape index (κ2) is 5.47. The fraction of sp³-hybridized carbons (Fsp3) is 0.286. The molecule has 1 aromatic carbocycles. The molecular weight excluding hydrogens is 362 g/mol. The number of thiazole rings is 1. The fourth-order valence-corrected chi connectivity index (χ4v) is 4.64. The van der Waals surface area contributed by atoms with Crippen molar-refractivity contribution >= 4 is 44.8 Å². The van der Waals surface area contributed by atoms with Gasteiger partial charge in [-0.2, -0.15) is 0 Å². The fourth-order valence-electron chi connectivity index (χ4n) is 2.44. The van der Waals surface area contributed by atoms with Crippen molar-refractivity contribution in [3.05, 3.63) is 38.3 Å². The number of nitrogens with zero attached hydrogens (tertiary/aromatic N) is 1. The van der Waals surface area contributed by atoms with Crippen LogP contribution in [0.1, 0.15) is 29.3 Å². The standard InChI is InChI=1S/C14H11BrClNO2S/c15-10-6-7(16)4-5-8(10)13-17-12-9(14(18)19)2-1-3-11(12)20-13/h4-6,9H,1-3H2,(H,18,19). The first-order chi connectivity index (χ1) is 9.56. The number of hydrogen-bond donors (Lipinski definition) is 1. The number of aromatic nitrogens is 1. The van der Waals surface area contributed by atoms with Crippen LogP contribution < -0.4 is 0 Å². The zero-order chi connectivity index (χ0) is 14.3. The number of hydrogen-bond acceptors (Lipinski definition) is 3. The number of halogens is 2. The Kier molecular flexibility index (Phi) is 3.84. The van der Waals surface area contributed by atoms with Crippen molar-refractivity contribution in [1.82, 2.24) is 4.98 Å². The Balaban J connectivity index is 2.07. The molecule has 1 aromatic heterocycles. The molecule has 1 atom stereocenters. The normalized spacial score (nSPS) is 17.8. The number of rotatable bonds is 2. The van der Waals surface area contributed by atoms with E-state index in [1.54, 1.807) is 11.3 Å². The van der Waals surface area contributed by atoms with Gasteiger partial charge in [0.05, 0.1) is 11.6 Å². The largest absolute Gasteiger partial charge is 0.481 e. The highest BCUT2D eigenvalue weighted by Crippen LogP contribution is 2.40. The van der Waals surface area contributed by atoms with Gasteiger partial charge >= 0.3 is 5.97 Å². The van der Waals surface area contributed by atoms with Crippen molar-refractivity contribution in [1.29, 1.82) is 0 Å². The Labute approximate surface area is 133 Å². The van der Waals surface area contributed by atoms with Gasteiger partial charge < -0.3 is 5.11 Å². The van der Waals surface area contributed by atoms with Gasteiger partial charge in [-0.05, 0) is 37.5 Å². The minimum atomic E-state index is -0.780. The lowest BCUT2D eigenvalue weighted by molar-refractivity contribution is -0.139. The maximum Gasteiger partial charge on any atom is 0.312 e. The third kappa shape index (κ3) is 2.50. The highest BCUT2D eigenvalue weighted by Gasteiger charge is 2.30. The smallest absolute Gasteiger partial charge is 0.312 e. The second-order valence-corrected chi connectivity index (χ2v) is 7.11.